The van der Waals surface area contributed by atoms with E-state index in [-0.39, 0.29) is 0 Å². The average Bonchev–Trinajstić information content (AvgIpc) is 3.21. The maximum absolute atomic E-state index is 6.07. The van der Waals surface area contributed by atoms with Gasteiger partial charge < -0.3 is 15.2 Å². The minimum absolute atomic E-state index is 0.319. The summed E-state index contributed by atoms with van der Waals surface area (Å²) >= 11 is 1.74. The van der Waals surface area contributed by atoms with Gasteiger partial charge in [0.05, 0.1) is 25.9 Å². The first-order chi connectivity index (χ1) is 13.3. The van der Waals surface area contributed by atoms with E-state index < -0.39 is 0 Å². The van der Waals surface area contributed by atoms with Crippen molar-refractivity contribution in [3.05, 3.63) is 57.3 Å². The summed E-state index contributed by atoms with van der Waals surface area (Å²) in [6, 6.07) is 11.2. The van der Waals surface area contributed by atoms with Gasteiger partial charge in [-0.3, -0.25) is 0 Å². The van der Waals surface area contributed by atoms with Crippen LogP contribution in [0.5, 0.6) is 0 Å². The van der Waals surface area contributed by atoms with Gasteiger partial charge in [0.2, 0.25) is 0 Å². The van der Waals surface area contributed by atoms with E-state index in [4.69, 9.17) is 15.2 Å². The lowest BCUT2D eigenvalue weighted by Crippen LogP contribution is -2.24. The number of fused-ring (bicyclic) bond motifs is 1. The van der Waals surface area contributed by atoms with Crippen molar-refractivity contribution in [3.8, 4) is 0 Å². The van der Waals surface area contributed by atoms with E-state index in [0.717, 1.165) is 25.8 Å². The summed E-state index contributed by atoms with van der Waals surface area (Å²) < 4.78 is 11.8. The second-order valence-electron chi connectivity index (χ2n) is 7.47. The summed E-state index contributed by atoms with van der Waals surface area (Å²) in [5.41, 5.74) is 10.4. The first kappa shape index (κ1) is 20.5. The molecule has 1 aromatic carbocycles. The highest BCUT2D eigenvalue weighted by Gasteiger charge is 2.20. The Hall–Kier alpha value is -1.20. The van der Waals surface area contributed by atoms with Crippen LogP contribution in [0.2, 0.25) is 0 Å². The Morgan fingerprint density at radius 1 is 1.22 bits per heavy atom. The number of unbranched alkanes of at least 4 members (excludes halogenated alkanes) is 1. The fourth-order valence-corrected chi connectivity index (χ4v) is 4.49. The molecule has 0 spiro atoms. The van der Waals surface area contributed by atoms with Crippen LogP contribution in [-0.4, -0.2) is 25.9 Å². The Morgan fingerprint density at radius 2 is 2.15 bits per heavy atom. The summed E-state index contributed by atoms with van der Waals surface area (Å²) in [6.45, 7) is 5.02. The van der Waals surface area contributed by atoms with Crippen molar-refractivity contribution in [2.45, 2.75) is 64.1 Å². The number of benzene rings is 1. The lowest BCUT2D eigenvalue weighted by molar-refractivity contribution is -0.00412. The molecule has 0 bridgehead atoms. The molecule has 0 fully saturated rings. The van der Waals surface area contributed by atoms with Gasteiger partial charge >= 0.3 is 0 Å². The summed E-state index contributed by atoms with van der Waals surface area (Å²) in [5, 5.41) is 2.08. The number of nitrogens with two attached hydrogens (primary N) is 1. The first-order valence-corrected chi connectivity index (χ1v) is 11.2. The van der Waals surface area contributed by atoms with E-state index in [9.17, 15) is 0 Å². The van der Waals surface area contributed by atoms with Gasteiger partial charge in [-0.2, -0.15) is 0 Å². The summed E-state index contributed by atoms with van der Waals surface area (Å²) in [6.07, 6.45) is 7.23. The molecule has 3 nitrogen and oxygen atoms in total. The van der Waals surface area contributed by atoms with Crippen LogP contribution in [0.15, 0.2) is 35.7 Å². The molecule has 2 N–H and O–H groups in total. The van der Waals surface area contributed by atoms with Crippen molar-refractivity contribution in [2.24, 2.45) is 5.73 Å². The van der Waals surface area contributed by atoms with Crippen molar-refractivity contribution in [1.82, 2.24) is 0 Å². The van der Waals surface area contributed by atoms with Gasteiger partial charge in [-0.1, -0.05) is 44.0 Å². The molecule has 1 heterocycles. The lowest BCUT2D eigenvalue weighted by atomic mass is 9.85. The van der Waals surface area contributed by atoms with Crippen molar-refractivity contribution < 1.29 is 9.47 Å². The molecule has 0 aliphatic heterocycles. The molecule has 2 atom stereocenters. The van der Waals surface area contributed by atoms with Crippen molar-refractivity contribution in [2.75, 3.05) is 19.8 Å². The van der Waals surface area contributed by atoms with Gasteiger partial charge in [0, 0.05) is 4.88 Å². The van der Waals surface area contributed by atoms with Gasteiger partial charge in [-0.05, 0) is 66.3 Å². The fourth-order valence-electron chi connectivity index (χ4n) is 3.85. The van der Waals surface area contributed by atoms with Crippen LogP contribution in [0.25, 0.3) is 0 Å². The Labute approximate surface area is 167 Å². The highest BCUT2D eigenvalue weighted by molar-refractivity contribution is 7.09. The number of aryl methyl sites for hydroxylation is 1. The van der Waals surface area contributed by atoms with Crippen LogP contribution in [0.3, 0.4) is 0 Å². The van der Waals surface area contributed by atoms with E-state index in [1.165, 1.54) is 40.8 Å². The van der Waals surface area contributed by atoms with Gasteiger partial charge in [-0.25, -0.2) is 0 Å². The molecule has 2 aromatic rings. The van der Waals surface area contributed by atoms with Crippen molar-refractivity contribution in [3.63, 3.8) is 0 Å². The summed E-state index contributed by atoms with van der Waals surface area (Å²) in [4.78, 5) is 1.27. The highest BCUT2D eigenvalue weighted by atomic mass is 32.1. The topological polar surface area (TPSA) is 44.5 Å². The zero-order valence-corrected chi connectivity index (χ0v) is 17.3. The number of rotatable bonds is 11. The largest absolute Gasteiger partial charge is 0.375 e. The quantitative estimate of drug-likeness (QED) is 0.547. The molecule has 0 amide bonds. The van der Waals surface area contributed by atoms with E-state index in [1.54, 1.807) is 11.3 Å². The predicted molar refractivity (Wildman–Crippen MR) is 114 cm³/mol. The SMILES string of the molecule is CCCCC(CN)c1ccc2c(c1)CC[C@H](OCCOCc1cccs1)C2. The highest BCUT2D eigenvalue weighted by Crippen LogP contribution is 2.28. The van der Waals surface area contributed by atoms with Crippen LogP contribution >= 0.6 is 11.3 Å². The third kappa shape index (κ3) is 6.15. The summed E-state index contributed by atoms with van der Waals surface area (Å²) in [7, 11) is 0. The van der Waals surface area contributed by atoms with Gasteiger partial charge in [0.15, 0.2) is 0 Å². The number of hydrogen-bond donors (Lipinski definition) is 1. The van der Waals surface area contributed by atoms with Crippen LogP contribution < -0.4 is 5.73 Å². The smallest absolute Gasteiger partial charge is 0.0810 e. The molecule has 1 unspecified atom stereocenters. The Morgan fingerprint density at radius 3 is 2.93 bits per heavy atom. The molecule has 1 aliphatic carbocycles. The molecular weight excluding hydrogens is 354 g/mol. The standard InChI is InChI=1S/C23H33NO2S/c1-2-3-5-21(16-24)19-7-8-20-15-22(10-9-18(20)14-19)26-12-11-25-17-23-6-4-13-27-23/h4,6-8,13-14,21-22H,2-3,5,9-12,15-17,24H2,1H3/t21?,22-/m0/s1. The third-order valence-corrected chi connectivity index (χ3v) is 6.33. The van der Waals surface area contributed by atoms with Crippen molar-refractivity contribution in [1.29, 1.82) is 0 Å². The van der Waals surface area contributed by atoms with Gasteiger partial charge in [0.1, 0.15) is 0 Å². The van der Waals surface area contributed by atoms with E-state index in [2.05, 4.69) is 42.6 Å². The molecule has 148 valence electrons. The first-order valence-electron chi connectivity index (χ1n) is 10.3. The monoisotopic (exact) mass is 387 g/mol. The van der Waals surface area contributed by atoms with E-state index in [0.29, 0.717) is 31.8 Å². The Kier molecular flexibility index (Phi) is 8.34. The van der Waals surface area contributed by atoms with E-state index >= 15 is 0 Å². The number of thiophene rings is 1. The maximum atomic E-state index is 6.07. The maximum Gasteiger partial charge on any atom is 0.0810 e. The minimum Gasteiger partial charge on any atom is -0.375 e. The molecule has 0 saturated heterocycles. The van der Waals surface area contributed by atoms with Crippen LogP contribution in [0.1, 0.15) is 60.1 Å². The van der Waals surface area contributed by atoms with Crippen LogP contribution in [0, 0.1) is 0 Å². The molecule has 1 aromatic heterocycles. The average molecular weight is 388 g/mol. The Balaban J connectivity index is 1.44. The molecule has 4 heteroatoms. The van der Waals surface area contributed by atoms with Crippen LogP contribution in [-0.2, 0) is 28.9 Å². The van der Waals surface area contributed by atoms with Gasteiger partial charge in [0.25, 0.3) is 0 Å². The molecule has 1 aliphatic rings. The molecule has 3 rings (SSSR count). The van der Waals surface area contributed by atoms with E-state index in [1.807, 2.05) is 0 Å². The minimum atomic E-state index is 0.319. The molecular formula is C23H33NO2S. The zero-order valence-electron chi connectivity index (χ0n) is 16.5. The summed E-state index contributed by atoms with van der Waals surface area (Å²) in [5.74, 6) is 0.504. The second kappa shape index (κ2) is 11.0. The predicted octanol–water partition coefficient (Wildman–Crippen LogP) is 5.07. The lowest BCUT2D eigenvalue weighted by Gasteiger charge is -2.26. The molecule has 0 radical (unpaired) electrons. The fraction of sp³-hybridized carbons (Fsp3) is 0.565. The molecule has 0 saturated carbocycles. The van der Waals surface area contributed by atoms with Crippen molar-refractivity contribution >= 4 is 11.3 Å². The number of ether oxygens (including phenoxy) is 2. The normalized spacial score (nSPS) is 17.6. The number of hydrogen-bond acceptors (Lipinski definition) is 4. The zero-order chi connectivity index (χ0) is 18.9. The second-order valence-corrected chi connectivity index (χ2v) is 8.50. The molecule has 27 heavy (non-hydrogen) atoms. The Bertz CT molecular complexity index is 671. The van der Waals surface area contributed by atoms with Crippen LogP contribution in [0.4, 0.5) is 0 Å². The third-order valence-electron chi connectivity index (χ3n) is 5.48. The van der Waals surface area contributed by atoms with Gasteiger partial charge in [-0.15, -0.1) is 11.3 Å².